The summed E-state index contributed by atoms with van der Waals surface area (Å²) < 4.78 is 16.9. The number of nitrogens with zero attached hydrogens (tertiary/aromatic N) is 2. The summed E-state index contributed by atoms with van der Waals surface area (Å²) in [5.41, 5.74) is -0.582. The smallest absolute Gasteiger partial charge is 0.227 e. The first-order chi connectivity index (χ1) is 15.5. The molecule has 0 unspecified atom stereocenters. The van der Waals surface area contributed by atoms with Gasteiger partial charge in [0.15, 0.2) is 17.3 Å². The first-order valence-corrected chi connectivity index (χ1v) is 11.3. The number of aryl methyl sites for hydroxylation is 1. The second-order valence-corrected chi connectivity index (χ2v) is 8.49. The molecule has 2 aromatic rings. The lowest BCUT2D eigenvalue weighted by atomic mass is 9.89. The molecule has 2 heterocycles. The summed E-state index contributed by atoms with van der Waals surface area (Å²) >= 11 is 0. The van der Waals surface area contributed by atoms with E-state index >= 15 is 0 Å². The van der Waals surface area contributed by atoms with Gasteiger partial charge in [0.2, 0.25) is 17.7 Å². The number of hydrogen-bond donors (Lipinski definition) is 2. The summed E-state index contributed by atoms with van der Waals surface area (Å²) in [6.45, 7) is 2.25. The van der Waals surface area contributed by atoms with Crippen LogP contribution in [0.3, 0.4) is 0 Å². The van der Waals surface area contributed by atoms with E-state index in [4.69, 9.17) is 14.0 Å². The van der Waals surface area contributed by atoms with Gasteiger partial charge in [-0.05, 0) is 25.0 Å². The van der Waals surface area contributed by atoms with Crippen LogP contribution in [0, 0.1) is 0 Å². The topological polar surface area (TPSA) is 116 Å². The highest BCUT2D eigenvalue weighted by Crippen LogP contribution is 2.34. The Balaban J connectivity index is 1.28. The fraction of sp³-hybridized carbons (Fsp3) is 0.565. The minimum Gasteiger partial charge on any atom is -0.486 e. The highest BCUT2D eigenvalue weighted by Gasteiger charge is 2.38. The second kappa shape index (κ2) is 10.0. The van der Waals surface area contributed by atoms with Gasteiger partial charge in [-0.25, -0.2) is 0 Å². The van der Waals surface area contributed by atoms with Crippen LogP contribution in [0.4, 0.5) is 0 Å². The number of para-hydroxylation sites is 2. The van der Waals surface area contributed by atoms with E-state index in [9.17, 15) is 9.59 Å². The number of nitrogens with one attached hydrogen (secondary N) is 2. The molecule has 1 saturated carbocycles. The van der Waals surface area contributed by atoms with E-state index in [1.54, 1.807) is 0 Å². The summed E-state index contributed by atoms with van der Waals surface area (Å²) in [5.74, 6) is 2.08. The van der Waals surface area contributed by atoms with Crippen LogP contribution in [0.5, 0.6) is 11.5 Å². The third kappa shape index (κ3) is 5.38. The molecule has 172 valence electrons. The number of fused-ring (bicyclic) bond motifs is 1. The van der Waals surface area contributed by atoms with Crippen molar-refractivity contribution in [3.05, 3.63) is 36.0 Å². The van der Waals surface area contributed by atoms with Gasteiger partial charge in [0.1, 0.15) is 18.2 Å². The highest BCUT2D eigenvalue weighted by atomic mass is 16.6. The standard InChI is InChI=1S/C23H30N4O5/c1-16(28)26-23(12-6-2-3-7-13-23)22-25-21(32-27-22)11-10-20(29)24-14-17-15-30-18-8-4-5-9-19(18)31-17/h4-5,8-9,17H,2-3,6-7,10-15H2,1H3,(H,24,29)(H,26,28)/t17-/m0/s1. The van der Waals surface area contributed by atoms with E-state index in [-0.39, 0.29) is 24.3 Å². The Morgan fingerprint density at radius 2 is 1.88 bits per heavy atom. The summed E-state index contributed by atoms with van der Waals surface area (Å²) in [5, 5.41) is 10.1. The van der Waals surface area contributed by atoms with Crippen molar-refractivity contribution in [1.29, 1.82) is 0 Å². The molecule has 0 spiro atoms. The molecule has 9 nitrogen and oxygen atoms in total. The van der Waals surface area contributed by atoms with E-state index in [0.717, 1.165) is 38.5 Å². The van der Waals surface area contributed by atoms with Crippen molar-refractivity contribution in [3.63, 3.8) is 0 Å². The molecule has 9 heteroatoms. The predicted octanol–water partition coefficient (Wildman–Crippen LogP) is 2.64. The predicted molar refractivity (Wildman–Crippen MR) is 115 cm³/mol. The Morgan fingerprint density at radius 3 is 2.62 bits per heavy atom. The van der Waals surface area contributed by atoms with Crippen molar-refractivity contribution in [2.75, 3.05) is 13.2 Å². The first kappa shape index (κ1) is 22.1. The van der Waals surface area contributed by atoms with Crippen molar-refractivity contribution in [2.24, 2.45) is 0 Å². The number of benzene rings is 1. The molecule has 1 aromatic carbocycles. The maximum absolute atomic E-state index is 12.3. The van der Waals surface area contributed by atoms with Crippen LogP contribution in [-0.4, -0.2) is 41.2 Å². The zero-order chi connectivity index (χ0) is 22.4. The molecule has 0 bridgehead atoms. The molecule has 1 atom stereocenters. The number of hydrogen-bond acceptors (Lipinski definition) is 7. The lowest BCUT2D eigenvalue weighted by Crippen LogP contribution is -2.45. The quantitative estimate of drug-likeness (QED) is 0.633. The zero-order valence-electron chi connectivity index (χ0n) is 18.4. The molecule has 0 saturated heterocycles. The maximum Gasteiger partial charge on any atom is 0.227 e. The summed E-state index contributed by atoms with van der Waals surface area (Å²) in [4.78, 5) is 28.7. The average Bonchev–Trinajstić information content (AvgIpc) is 3.16. The SMILES string of the molecule is CC(=O)NC1(c2noc(CCC(=O)NC[C@H]3COc4ccccc4O3)n2)CCCCCC1. The van der Waals surface area contributed by atoms with Crippen molar-refractivity contribution >= 4 is 11.8 Å². The Hall–Kier alpha value is -3.10. The first-order valence-electron chi connectivity index (χ1n) is 11.3. The number of aromatic nitrogens is 2. The molecule has 2 aliphatic rings. The van der Waals surface area contributed by atoms with E-state index in [1.165, 1.54) is 6.92 Å². The molecule has 1 aliphatic carbocycles. The van der Waals surface area contributed by atoms with Gasteiger partial charge in [0, 0.05) is 19.8 Å². The summed E-state index contributed by atoms with van der Waals surface area (Å²) in [7, 11) is 0. The van der Waals surface area contributed by atoms with Gasteiger partial charge >= 0.3 is 0 Å². The number of rotatable bonds is 7. The molecule has 0 radical (unpaired) electrons. The lowest BCUT2D eigenvalue weighted by Gasteiger charge is -2.30. The second-order valence-electron chi connectivity index (χ2n) is 8.49. The fourth-order valence-electron chi connectivity index (χ4n) is 4.32. The molecule has 2 N–H and O–H groups in total. The number of carbonyl (C=O) groups excluding carboxylic acids is 2. The Kier molecular flexibility index (Phi) is 6.92. The maximum atomic E-state index is 12.3. The van der Waals surface area contributed by atoms with Gasteiger partial charge in [0.25, 0.3) is 0 Å². The molecule has 1 aromatic heterocycles. The van der Waals surface area contributed by atoms with Gasteiger partial charge in [0.05, 0.1) is 6.54 Å². The Labute approximate surface area is 187 Å². The zero-order valence-corrected chi connectivity index (χ0v) is 18.4. The van der Waals surface area contributed by atoms with Crippen molar-refractivity contribution in [3.8, 4) is 11.5 Å². The molecular weight excluding hydrogens is 412 g/mol. The van der Waals surface area contributed by atoms with Crippen LogP contribution in [0.2, 0.25) is 0 Å². The summed E-state index contributed by atoms with van der Waals surface area (Å²) in [6.07, 6.45) is 6.17. The largest absolute Gasteiger partial charge is 0.486 e. The molecule has 1 aliphatic heterocycles. The van der Waals surface area contributed by atoms with E-state index in [0.29, 0.717) is 42.8 Å². The van der Waals surface area contributed by atoms with E-state index < -0.39 is 5.54 Å². The third-order valence-electron chi connectivity index (χ3n) is 5.93. The number of carbonyl (C=O) groups is 2. The van der Waals surface area contributed by atoms with Gasteiger partial charge in [-0.1, -0.05) is 43.0 Å². The van der Waals surface area contributed by atoms with Crippen molar-refractivity contribution in [2.45, 2.75) is 69.9 Å². The molecule has 32 heavy (non-hydrogen) atoms. The van der Waals surface area contributed by atoms with Gasteiger partial charge in [-0.15, -0.1) is 0 Å². The van der Waals surface area contributed by atoms with Gasteiger partial charge in [-0.3, -0.25) is 9.59 Å². The fourth-order valence-corrected chi connectivity index (χ4v) is 4.32. The van der Waals surface area contributed by atoms with Crippen LogP contribution in [-0.2, 0) is 21.5 Å². The van der Waals surface area contributed by atoms with Crippen LogP contribution >= 0.6 is 0 Å². The van der Waals surface area contributed by atoms with E-state index in [2.05, 4.69) is 20.8 Å². The van der Waals surface area contributed by atoms with Crippen LogP contribution in [0.25, 0.3) is 0 Å². The third-order valence-corrected chi connectivity index (χ3v) is 5.93. The highest BCUT2D eigenvalue weighted by molar-refractivity contribution is 5.76. The van der Waals surface area contributed by atoms with Crippen LogP contribution in [0.15, 0.2) is 28.8 Å². The van der Waals surface area contributed by atoms with Gasteiger partial charge < -0.3 is 24.6 Å². The van der Waals surface area contributed by atoms with E-state index in [1.807, 2.05) is 24.3 Å². The van der Waals surface area contributed by atoms with Gasteiger partial charge in [-0.2, -0.15) is 4.98 Å². The molecular formula is C23H30N4O5. The number of amides is 2. The van der Waals surface area contributed by atoms with Crippen molar-refractivity contribution in [1.82, 2.24) is 20.8 Å². The molecule has 1 fully saturated rings. The van der Waals surface area contributed by atoms with Crippen LogP contribution in [0.1, 0.15) is 63.6 Å². The molecule has 2 amide bonds. The minimum absolute atomic E-state index is 0.103. The van der Waals surface area contributed by atoms with Crippen LogP contribution < -0.4 is 20.1 Å². The monoisotopic (exact) mass is 442 g/mol. The average molecular weight is 443 g/mol. The minimum atomic E-state index is -0.582. The summed E-state index contributed by atoms with van der Waals surface area (Å²) in [6, 6.07) is 7.47. The normalized spacial score (nSPS) is 19.6. The Bertz CT molecular complexity index is 936. The Morgan fingerprint density at radius 1 is 1.12 bits per heavy atom. The van der Waals surface area contributed by atoms with Crippen molar-refractivity contribution < 1.29 is 23.6 Å². The number of ether oxygens (including phenoxy) is 2. The lowest BCUT2D eigenvalue weighted by molar-refractivity contribution is -0.122. The molecule has 4 rings (SSSR count).